The van der Waals surface area contributed by atoms with Crippen LogP contribution in [0.25, 0.3) is 10.8 Å². The van der Waals surface area contributed by atoms with Crippen LogP contribution in [0, 0.1) is 5.82 Å². The zero-order chi connectivity index (χ0) is 23.1. The van der Waals surface area contributed by atoms with Crippen LogP contribution in [0.15, 0.2) is 66.7 Å². The summed E-state index contributed by atoms with van der Waals surface area (Å²) in [5.74, 6) is -0.748. The predicted octanol–water partition coefficient (Wildman–Crippen LogP) is 3.32. The lowest BCUT2D eigenvalue weighted by atomic mass is 9.99. The molecule has 0 heterocycles. The summed E-state index contributed by atoms with van der Waals surface area (Å²) in [7, 11) is 4.92. The van der Waals surface area contributed by atoms with Crippen LogP contribution in [-0.2, 0) is 22.4 Å². The van der Waals surface area contributed by atoms with Gasteiger partial charge in [-0.25, -0.2) is 4.39 Å². The molecule has 168 valence electrons. The van der Waals surface area contributed by atoms with Gasteiger partial charge in [0.15, 0.2) is 0 Å². The molecule has 0 bridgehead atoms. The number of likely N-dealkylation sites (N-methyl/N-ethyl adjacent to an activating group) is 3. The number of carbonyl (C=O) groups excluding carboxylic acids is 2. The first-order chi connectivity index (χ1) is 15.4. The van der Waals surface area contributed by atoms with E-state index < -0.39 is 12.1 Å². The lowest BCUT2D eigenvalue weighted by Crippen LogP contribution is -2.53. The summed E-state index contributed by atoms with van der Waals surface area (Å²) in [4.78, 5) is 27.3. The number of amides is 2. The summed E-state index contributed by atoms with van der Waals surface area (Å²) in [6.07, 6.45) is 1.19. The van der Waals surface area contributed by atoms with Gasteiger partial charge in [-0.1, -0.05) is 60.7 Å². The van der Waals surface area contributed by atoms with Gasteiger partial charge < -0.3 is 15.5 Å². The van der Waals surface area contributed by atoms with E-state index >= 15 is 0 Å². The molecule has 0 aliphatic heterocycles. The molecule has 0 aliphatic rings. The van der Waals surface area contributed by atoms with Crippen molar-refractivity contribution in [1.29, 1.82) is 0 Å². The minimum atomic E-state index is -0.695. The maximum absolute atomic E-state index is 14.0. The first kappa shape index (κ1) is 23.4. The predicted molar refractivity (Wildman–Crippen MR) is 126 cm³/mol. The topological polar surface area (TPSA) is 61.4 Å². The number of benzene rings is 3. The van der Waals surface area contributed by atoms with Crippen LogP contribution in [0.2, 0.25) is 0 Å². The zero-order valence-electron chi connectivity index (χ0n) is 18.8. The number of fused-ring (bicyclic) bond motifs is 1. The standard InChI is InChI=1S/C26H30FN3O2/c1-28-23(17-18-12-13-19-8-4-5-10-21(19)16-18)26(32)30(3)24(25(31)29-2)15-14-20-9-6-7-11-22(20)27/h4-13,16,23-24,28H,14-15,17H2,1-3H3,(H,29,31)/t23-,24-/m1/s1. The van der Waals surface area contributed by atoms with E-state index in [9.17, 15) is 14.0 Å². The lowest BCUT2D eigenvalue weighted by Gasteiger charge is -2.30. The highest BCUT2D eigenvalue weighted by atomic mass is 19.1. The molecule has 32 heavy (non-hydrogen) atoms. The van der Waals surface area contributed by atoms with Gasteiger partial charge in [0.05, 0.1) is 6.04 Å². The molecule has 2 N–H and O–H groups in total. The average Bonchev–Trinajstić information content (AvgIpc) is 2.82. The minimum absolute atomic E-state index is 0.178. The van der Waals surface area contributed by atoms with Gasteiger partial charge in [0, 0.05) is 14.1 Å². The number of hydrogen-bond donors (Lipinski definition) is 2. The number of hydrogen-bond acceptors (Lipinski definition) is 3. The highest BCUT2D eigenvalue weighted by molar-refractivity contribution is 5.90. The van der Waals surface area contributed by atoms with Crippen LogP contribution in [0.3, 0.4) is 0 Å². The molecular weight excluding hydrogens is 405 g/mol. The van der Waals surface area contributed by atoms with E-state index in [4.69, 9.17) is 0 Å². The molecule has 2 atom stereocenters. The highest BCUT2D eigenvalue weighted by Gasteiger charge is 2.30. The van der Waals surface area contributed by atoms with E-state index in [1.165, 1.54) is 11.0 Å². The molecule has 3 rings (SSSR count). The van der Waals surface area contributed by atoms with Crippen molar-refractivity contribution < 1.29 is 14.0 Å². The van der Waals surface area contributed by atoms with Gasteiger partial charge in [0.25, 0.3) is 0 Å². The Bertz CT molecular complexity index is 1090. The van der Waals surface area contributed by atoms with E-state index in [0.29, 0.717) is 24.8 Å². The molecular formula is C26H30FN3O2. The van der Waals surface area contributed by atoms with Crippen molar-refractivity contribution in [2.45, 2.75) is 31.3 Å². The van der Waals surface area contributed by atoms with Crippen LogP contribution in [0.5, 0.6) is 0 Å². The van der Waals surface area contributed by atoms with Gasteiger partial charge in [-0.15, -0.1) is 0 Å². The molecule has 0 radical (unpaired) electrons. The second-order valence-corrected chi connectivity index (χ2v) is 7.94. The van der Waals surface area contributed by atoms with Crippen molar-refractivity contribution in [1.82, 2.24) is 15.5 Å². The first-order valence-electron chi connectivity index (χ1n) is 10.8. The maximum atomic E-state index is 14.0. The summed E-state index contributed by atoms with van der Waals surface area (Å²) >= 11 is 0. The smallest absolute Gasteiger partial charge is 0.242 e. The molecule has 3 aromatic rings. The Hall–Kier alpha value is -3.25. The Morgan fingerprint density at radius 2 is 1.66 bits per heavy atom. The molecule has 0 aliphatic carbocycles. The number of rotatable bonds is 9. The summed E-state index contributed by atoms with van der Waals surface area (Å²) in [5.41, 5.74) is 1.57. The van der Waals surface area contributed by atoms with Crippen LogP contribution < -0.4 is 10.6 Å². The third-order valence-electron chi connectivity index (χ3n) is 5.91. The minimum Gasteiger partial charge on any atom is -0.357 e. The molecule has 0 saturated heterocycles. The first-order valence-corrected chi connectivity index (χ1v) is 10.8. The molecule has 0 unspecified atom stereocenters. The summed E-state index contributed by atoms with van der Waals surface area (Å²) in [5, 5.41) is 7.99. The lowest BCUT2D eigenvalue weighted by molar-refractivity contribution is -0.140. The molecule has 6 heteroatoms. The molecule has 2 amide bonds. The monoisotopic (exact) mass is 435 g/mol. The van der Waals surface area contributed by atoms with Crippen molar-refractivity contribution in [2.24, 2.45) is 0 Å². The molecule has 0 fully saturated rings. The zero-order valence-corrected chi connectivity index (χ0v) is 18.8. The maximum Gasteiger partial charge on any atom is 0.242 e. The third-order valence-corrected chi connectivity index (χ3v) is 5.91. The highest BCUT2D eigenvalue weighted by Crippen LogP contribution is 2.18. The fourth-order valence-electron chi connectivity index (χ4n) is 3.97. The van der Waals surface area contributed by atoms with Crippen molar-refractivity contribution in [3.63, 3.8) is 0 Å². The average molecular weight is 436 g/mol. The van der Waals surface area contributed by atoms with Gasteiger partial charge in [0.2, 0.25) is 11.8 Å². The summed E-state index contributed by atoms with van der Waals surface area (Å²) in [6.45, 7) is 0. The van der Waals surface area contributed by atoms with Crippen molar-refractivity contribution in [3.05, 3.63) is 83.7 Å². The van der Waals surface area contributed by atoms with Crippen molar-refractivity contribution in [2.75, 3.05) is 21.1 Å². The Balaban J connectivity index is 1.74. The number of halogens is 1. The van der Waals surface area contributed by atoms with Crippen molar-refractivity contribution in [3.8, 4) is 0 Å². The summed E-state index contributed by atoms with van der Waals surface area (Å²) in [6, 6.07) is 19.6. The Labute approximate surface area is 188 Å². The van der Waals surface area contributed by atoms with Gasteiger partial charge in [-0.05, 0) is 54.3 Å². The van der Waals surface area contributed by atoms with Crippen LogP contribution in [-0.4, -0.2) is 49.9 Å². The SMILES string of the molecule is CNC(=O)[C@@H](CCc1ccccc1F)N(C)C(=O)[C@@H](Cc1ccc2ccccc2c1)NC. The van der Waals surface area contributed by atoms with Crippen LogP contribution in [0.4, 0.5) is 4.39 Å². The second-order valence-electron chi connectivity index (χ2n) is 7.94. The number of carbonyl (C=O) groups is 2. The van der Waals surface area contributed by atoms with E-state index in [1.54, 1.807) is 39.3 Å². The van der Waals surface area contributed by atoms with Gasteiger partial charge in [-0.3, -0.25) is 9.59 Å². The van der Waals surface area contributed by atoms with E-state index in [-0.39, 0.29) is 17.6 Å². The quantitative estimate of drug-likeness (QED) is 0.542. The van der Waals surface area contributed by atoms with Gasteiger partial charge in [0.1, 0.15) is 11.9 Å². The molecule has 0 spiro atoms. The number of aryl methyl sites for hydroxylation is 1. The fourth-order valence-corrected chi connectivity index (χ4v) is 3.97. The van der Waals surface area contributed by atoms with E-state index in [2.05, 4.69) is 22.8 Å². The Morgan fingerprint density at radius 3 is 2.34 bits per heavy atom. The number of nitrogens with zero attached hydrogens (tertiary/aromatic N) is 1. The molecule has 0 saturated carbocycles. The molecule has 0 aromatic heterocycles. The van der Waals surface area contributed by atoms with Crippen molar-refractivity contribution >= 4 is 22.6 Å². The van der Waals surface area contributed by atoms with Crippen LogP contribution in [0.1, 0.15) is 17.5 Å². The molecule has 5 nitrogen and oxygen atoms in total. The molecule has 3 aromatic carbocycles. The van der Waals surface area contributed by atoms with E-state index in [1.807, 2.05) is 30.3 Å². The van der Waals surface area contributed by atoms with Crippen LogP contribution >= 0.6 is 0 Å². The Morgan fingerprint density at radius 1 is 0.969 bits per heavy atom. The number of nitrogens with one attached hydrogen (secondary N) is 2. The third kappa shape index (κ3) is 5.51. The normalized spacial score (nSPS) is 12.9. The fraction of sp³-hybridized carbons (Fsp3) is 0.308. The second kappa shape index (κ2) is 10.9. The Kier molecular flexibility index (Phi) is 7.95. The largest absolute Gasteiger partial charge is 0.357 e. The summed E-state index contributed by atoms with van der Waals surface area (Å²) < 4.78 is 14.0. The van der Waals surface area contributed by atoms with Gasteiger partial charge >= 0.3 is 0 Å². The van der Waals surface area contributed by atoms with E-state index in [0.717, 1.165) is 16.3 Å². The van der Waals surface area contributed by atoms with Gasteiger partial charge in [-0.2, -0.15) is 0 Å².